The first-order chi connectivity index (χ1) is 13.5. The number of nitro benzene ring substituents is 1. The van der Waals surface area contributed by atoms with Crippen LogP contribution in [-0.4, -0.2) is 37.9 Å². The molecule has 1 N–H and O–H groups in total. The average Bonchev–Trinajstić information content (AvgIpc) is 2.71. The van der Waals surface area contributed by atoms with E-state index in [2.05, 4.69) is 16.4 Å². The maximum Gasteiger partial charge on any atom is 0.271 e. The summed E-state index contributed by atoms with van der Waals surface area (Å²) in [5.74, 6) is 2.96. The molecule has 144 valence electrons. The van der Waals surface area contributed by atoms with E-state index in [4.69, 9.17) is 20.6 Å². The molecule has 0 unspecified atom stereocenters. The molecular formula is C19H17N3O6. The van der Waals surface area contributed by atoms with E-state index in [0.29, 0.717) is 17.2 Å². The van der Waals surface area contributed by atoms with E-state index >= 15 is 0 Å². The van der Waals surface area contributed by atoms with Crippen LogP contribution in [0.25, 0.3) is 0 Å². The van der Waals surface area contributed by atoms with Gasteiger partial charge in [-0.3, -0.25) is 14.9 Å². The summed E-state index contributed by atoms with van der Waals surface area (Å²) in [5, 5.41) is 14.8. The minimum Gasteiger partial charge on any atom is -0.497 e. The lowest BCUT2D eigenvalue weighted by atomic mass is 10.2. The first-order valence-electron chi connectivity index (χ1n) is 7.89. The molecule has 0 aromatic heterocycles. The van der Waals surface area contributed by atoms with Gasteiger partial charge < -0.3 is 14.2 Å². The molecule has 0 atom stereocenters. The zero-order chi connectivity index (χ0) is 20.5. The number of hydrogen-bond donors (Lipinski definition) is 1. The lowest BCUT2D eigenvalue weighted by Crippen LogP contribution is -2.17. The fourth-order valence-electron chi connectivity index (χ4n) is 2.16. The molecule has 0 radical (unpaired) electrons. The van der Waals surface area contributed by atoms with E-state index < -0.39 is 10.8 Å². The zero-order valence-electron chi connectivity index (χ0n) is 15.2. The van der Waals surface area contributed by atoms with Crippen LogP contribution < -0.4 is 19.6 Å². The van der Waals surface area contributed by atoms with Crippen LogP contribution in [0.5, 0.6) is 17.2 Å². The van der Waals surface area contributed by atoms with Crippen molar-refractivity contribution in [3.8, 4) is 29.6 Å². The predicted molar refractivity (Wildman–Crippen MR) is 102 cm³/mol. The monoisotopic (exact) mass is 383 g/mol. The third kappa shape index (κ3) is 5.22. The number of carbonyl (C=O) groups is 1. The summed E-state index contributed by atoms with van der Waals surface area (Å²) in [7, 11) is 2.93. The highest BCUT2D eigenvalue weighted by Gasteiger charge is 2.12. The smallest absolute Gasteiger partial charge is 0.271 e. The van der Waals surface area contributed by atoms with Gasteiger partial charge in [-0.25, -0.2) is 5.43 Å². The summed E-state index contributed by atoms with van der Waals surface area (Å²) in [6, 6.07) is 8.61. The SMILES string of the molecule is C#CCOc1ccc([N+](=O)[O-])cc1/C=N\NC(=O)c1cc(OC)cc(OC)c1. The number of hydrazone groups is 1. The highest BCUT2D eigenvalue weighted by Crippen LogP contribution is 2.24. The van der Waals surface area contributed by atoms with Crippen molar-refractivity contribution >= 4 is 17.8 Å². The maximum absolute atomic E-state index is 12.3. The summed E-state index contributed by atoms with van der Waals surface area (Å²) in [5.41, 5.74) is 2.73. The van der Waals surface area contributed by atoms with Gasteiger partial charge in [0.25, 0.3) is 11.6 Å². The molecular weight excluding hydrogens is 366 g/mol. The van der Waals surface area contributed by atoms with Crippen molar-refractivity contribution in [3.63, 3.8) is 0 Å². The van der Waals surface area contributed by atoms with Crippen molar-refractivity contribution in [1.29, 1.82) is 0 Å². The number of non-ortho nitro benzene ring substituents is 1. The summed E-state index contributed by atoms with van der Waals surface area (Å²) >= 11 is 0. The minimum absolute atomic E-state index is 0.0192. The largest absolute Gasteiger partial charge is 0.497 e. The summed E-state index contributed by atoms with van der Waals surface area (Å²) in [6.45, 7) is -0.0192. The van der Waals surface area contributed by atoms with Crippen molar-refractivity contribution < 1.29 is 23.9 Å². The van der Waals surface area contributed by atoms with Gasteiger partial charge in [0.15, 0.2) is 0 Å². The molecule has 0 bridgehead atoms. The Morgan fingerprint density at radius 1 is 1.25 bits per heavy atom. The molecule has 0 aliphatic carbocycles. The van der Waals surface area contributed by atoms with Gasteiger partial charge in [0.05, 0.1) is 25.4 Å². The molecule has 0 fully saturated rings. The molecule has 2 aromatic rings. The van der Waals surface area contributed by atoms with Crippen molar-refractivity contribution in [3.05, 3.63) is 57.6 Å². The van der Waals surface area contributed by atoms with Crippen LogP contribution in [0.1, 0.15) is 15.9 Å². The summed E-state index contributed by atoms with van der Waals surface area (Å²) in [4.78, 5) is 22.7. The van der Waals surface area contributed by atoms with Crippen LogP contribution in [0.2, 0.25) is 0 Å². The van der Waals surface area contributed by atoms with E-state index in [9.17, 15) is 14.9 Å². The van der Waals surface area contributed by atoms with Crippen molar-refractivity contribution in [1.82, 2.24) is 5.43 Å². The molecule has 28 heavy (non-hydrogen) atoms. The second-order valence-corrected chi connectivity index (χ2v) is 5.27. The number of terminal acetylenes is 1. The second-order valence-electron chi connectivity index (χ2n) is 5.27. The highest BCUT2D eigenvalue weighted by atomic mass is 16.6. The average molecular weight is 383 g/mol. The van der Waals surface area contributed by atoms with E-state index in [-0.39, 0.29) is 23.4 Å². The highest BCUT2D eigenvalue weighted by molar-refractivity contribution is 5.96. The number of amides is 1. The van der Waals surface area contributed by atoms with E-state index in [1.54, 1.807) is 6.07 Å². The number of nitro groups is 1. The van der Waals surface area contributed by atoms with Crippen LogP contribution >= 0.6 is 0 Å². The fraction of sp³-hybridized carbons (Fsp3) is 0.158. The lowest BCUT2D eigenvalue weighted by molar-refractivity contribution is -0.384. The number of benzene rings is 2. The van der Waals surface area contributed by atoms with Gasteiger partial charge >= 0.3 is 0 Å². The van der Waals surface area contributed by atoms with E-state index in [1.807, 2.05) is 0 Å². The molecule has 2 aromatic carbocycles. The Hall–Kier alpha value is -4.06. The van der Waals surface area contributed by atoms with Gasteiger partial charge in [-0.1, -0.05) is 5.92 Å². The third-order valence-corrected chi connectivity index (χ3v) is 3.50. The number of nitrogens with one attached hydrogen (secondary N) is 1. The molecule has 2 rings (SSSR count). The molecule has 0 aliphatic rings. The lowest BCUT2D eigenvalue weighted by Gasteiger charge is -2.08. The van der Waals surface area contributed by atoms with Crippen LogP contribution in [-0.2, 0) is 0 Å². The van der Waals surface area contributed by atoms with Crippen molar-refractivity contribution in [2.45, 2.75) is 0 Å². The number of carbonyl (C=O) groups excluding carboxylic acids is 1. The van der Waals surface area contributed by atoms with Gasteiger partial charge in [0, 0.05) is 29.3 Å². The maximum atomic E-state index is 12.3. The molecule has 9 heteroatoms. The second kappa shape index (κ2) is 9.59. The Morgan fingerprint density at radius 3 is 2.50 bits per heavy atom. The van der Waals surface area contributed by atoms with Gasteiger partial charge in [0.1, 0.15) is 23.9 Å². The standard InChI is InChI=1S/C19H17N3O6/c1-4-7-28-18-6-5-15(22(24)25)8-14(18)12-20-21-19(23)13-9-16(26-2)11-17(10-13)27-3/h1,5-6,8-12H,7H2,2-3H3,(H,21,23)/b20-12-. The Balaban J connectivity index is 2.21. The molecule has 0 aliphatic heterocycles. The molecule has 0 saturated carbocycles. The van der Waals surface area contributed by atoms with Gasteiger partial charge in [-0.05, 0) is 18.2 Å². The molecule has 0 spiro atoms. The first-order valence-corrected chi connectivity index (χ1v) is 7.89. The van der Waals surface area contributed by atoms with Gasteiger partial charge in [-0.15, -0.1) is 6.42 Å². The zero-order valence-corrected chi connectivity index (χ0v) is 15.2. The Bertz CT molecular complexity index is 927. The molecule has 0 saturated heterocycles. The Labute approximate surface area is 161 Å². The predicted octanol–water partition coefficient (Wildman–Crippen LogP) is 2.39. The first kappa shape index (κ1) is 20.3. The van der Waals surface area contributed by atoms with Gasteiger partial charge in [0.2, 0.25) is 0 Å². The summed E-state index contributed by atoms with van der Waals surface area (Å²) in [6.07, 6.45) is 6.39. The van der Waals surface area contributed by atoms with Crippen LogP contribution in [0.4, 0.5) is 5.69 Å². The number of nitrogens with zero attached hydrogens (tertiary/aromatic N) is 2. The Kier molecular flexibility index (Phi) is 6.93. The number of rotatable bonds is 8. The van der Waals surface area contributed by atoms with Crippen LogP contribution in [0.3, 0.4) is 0 Å². The minimum atomic E-state index is -0.552. The van der Waals surface area contributed by atoms with E-state index in [0.717, 1.165) is 0 Å². The van der Waals surface area contributed by atoms with Gasteiger partial charge in [-0.2, -0.15) is 5.10 Å². The third-order valence-electron chi connectivity index (χ3n) is 3.50. The summed E-state index contributed by atoms with van der Waals surface area (Å²) < 4.78 is 15.6. The molecule has 9 nitrogen and oxygen atoms in total. The fourth-order valence-corrected chi connectivity index (χ4v) is 2.16. The van der Waals surface area contributed by atoms with Crippen LogP contribution in [0.15, 0.2) is 41.5 Å². The number of ether oxygens (including phenoxy) is 3. The van der Waals surface area contributed by atoms with Crippen molar-refractivity contribution in [2.24, 2.45) is 5.10 Å². The topological polar surface area (TPSA) is 112 Å². The normalized spacial score (nSPS) is 10.2. The van der Waals surface area contributed by atoms with E-state index in [1.165, 1.54) is 50.8 Å². The molecule has 1 amide bonds. The molecule has 0 heterocycles. The number of methoxy groups -OCH3 is 2. The Morgan fingerprint density at radius 2 is 1.93 bits per heavy atom. The number of hydrogen-bond acceptors (Lipinski definition) is 7. The quantitative estimate of drug-likeness (QED) is 0.324. The van der Waals surface area contributed by atoms with Crippen molar-refractivity contribution in [2.75, 3.05) is 20.8 Å². The van der Waals surface area contributed by atoms with Crippen LogP contribution in [0, 0.1) is 22.5 Å².